The van der Waals surface area contributed by atoms with E-state index in [4.69, 9.17) is 5.11 Å². The molecule has 2 aromatic heterocycles. The lowest BCUT2D eigenvalue weighted by molar-refractivity contribution is -0.121. The average molecular weight is 296 g/mol. The van der Waals surface area contributed by atoms with Crippen LogP contribution in [0.2, 0.25) is 0 Å². The summed E-state index contributed by atoms with van der Waals surface area (Å²) in [6, 6.07) is 1.86. The predicted octanol–water partition coefficient (Wildman–Crippen LogP) is 2.30. The average Bonchev–Trinajstić information content (AvgIpc) is 3.06. The highest BCUT2D eigenvalue weighted by molar-refractivity contribution is 7.14. The first-order valence-corrected chi connectivity index (χ1v) is 7.92. The summed E-state index contributed by atoms with van der Waals surface area (Å²) < 4.78 is 0. The van der Waals surface area contributed by atoms with Crippen LogP contribution >= 0.6 is 22.7 Å². The fraction of sp³-hybridized carbons (Fsp3) is 0.385. The standard InChI is InChI=1S/C13H16N2O2S2/c1-2-10(6-16)14-12(17)5-11-8-19-13(15-11)9-3-4-18-7-9/h3-4,7-8,10,16H,2,5-6H2,1H3,(H,14,17). The van der Waals surface area contributed by atoms with Gasteiger partial charge in [-0.05, 0) is 17.9 Å². The molecule has 0 radical (unpaired) electrons. The highest BCUT2D eigenvalue weighted by Crippen LogP contribution is 2.25. The van der Waals surface area contributed by atoms with Gasteiger partial charge >= 0.3 is 0 Å². The zero-order chi connectivity index (χ0) is 13.7. The summed E-state index contributed by atoms with van der Waals surface area (Å²) in [5, 5.41) is 18.7. The highest BCUT2D eigenvalue weighted by Gasteiger charge is 2.12. The van der Waals surface area contributed by atoms with Crippen molar-refractivity contribution in [1.29, 1.82) is 0 Å². The molecule has 0 aromatic carbocycles. The summed E-state index contributed by atoms with van der Waals surface area (Å²) in [6.07, 6.45) is 0.983. The summed E-state index contributed by atoms with van der Waals surface area (Å²) >= 11 is 3.18. The number of carbonyl (C=O) groups excluding carboxylic acids is 1. The molecule has 0 saturated heterocycles. The summed E-state index contributed by atoms with van der Waals surface area (Å²) in [7, 11) is 0. The van der Waals surface area contributed by atoms with Gasteiger partial charge in [-0.15, -0.1) is 11.3 Å². The quantitative estimate of drug-likeness (QED) is 0.860. The van der Waals surface area contributed by atoms with Crippen LogP contribution in [0.25, 0.3) is 10.6 Å². The second-order valence-corrected chi connectivity index (χ2v) is 5.83. The van der Waals surface area contributed by atoms with Gasteiger partial charge in [0.25, 0.3) is 0 Å². The molecule has 0 aliphatic heterocycles. The Bertz CT molecular complexity index is 518. The molecule has 102 valence electrons. The number of nitrogens with zero attached hydrogens (tertiary/aromatic N) is 1. The number of thiophene rings is 1. The summed E-state index contributed by atoms with van der Waals surface area (Å²) in [5.41, 5.74) is 1.87. The number of aliphatic hydroxyl groups excluding tert-OH is 1. The molecule has 2 N–H and O–H groups in total. The van der Waals surface area contributed by atoms with Crippen LogP contribution in [0.1, 0.15) is 19.0 Å². The second kappa shape index (κ2) is 6.79. The summed E-state index contributed by atoms with van der Waals surface area (Å²) in [5.74, 6) is -0.0944. The van der Waals surface area contributed by atoms with E-state index < -0.39 is 0 Å². The molecule has 6 heteroatoms. The van der Waals surface area contributed by atoms with Crippen molar-refractivity contribution in [2.45, 2.75) is 25.8 Å². The molecule has 1 amide bonds. The molecule has 19 heavy (non-hydrogen) atoms. The van der Waals surface area contributed by atoms with Crippen LogP contribution in [0.4, 0.5) is 0 Å². The van der Waals surface area contributed by atoms with Gasteiger partial charge in [0.2, 0.25) is 5.91 Å². The van der Waals surface area contributed by atoms with E-state index in [1.165, 1.54) is 0 Å². The minimum absolute atomic E-state index is 0.0283. The topological polar surface area (TPSA) is 62.2 Å². The number of nitrogens with one attached hydrogen (secondary N) is 1. The van der Waals surface area contributed by atoms with Gasteiger partial charge in [0, 0.05) is 16.3 Å². The first-order valence-electron chi connectivity index (χ1n) is 6.10. The molecule has 0 fully saturated rings. The van der Waals surface area contributed by atoms with Gasteiger partial charge < -0.3 is 10.4 Å². The maximum absolute atomic E-state index is 11.8. The number of hydrogen-bond acceptors (Lipinski definition) is 5. The van der Waals surface area contributed by atoms with Crippen molar-refractivity contribution in [2.75, 3.05) is 6.61 Å². The van der Waals surface area contributed by atoms with E-state index in [0.717, 1.165) is 22.7 Å². The third kappa shape index (κ3) is 3.86. The van der Waals surface area contributed by atoms with Gasteiger partial charge in [0.1, 0.15) is 5.01 Å². The first kappa shape index (κ1) is 14.2. The number of rotatable bonds is 6. The van der Waals surface area contributed by atoms with Crippen molar-refractivity contribution < 1.29 is 9.90 Å². The summed E-state index contributed by atoms with van der Waals surface area (Å²) in [6.45, 7) is 1.90. The molecule has 0 bridgehead atoms. The second-order valence-electron chi connectivity index (χ2n) is 4.19. The van der Waals surface area contributed by atoms with E-state index in [1.54, 1.807) is 22.7 Å². The van der Waals surface area contributed by atoms with E-state index in [-0.39, 0.29) is 25.0 Å². The third-order valence-electron chi connectivity index (χ3n) is 2.74. The maximum atomic E-state index is 11.8. The lowest BCUT2D eigenvalue weighted by atomic mass is 10.2. The number of hydrogen-bond donors (Lipinski definition) is 2. The minimum Gasteiger partial charge on any atom is -0.394 e. The van der Waals surface area contributed by atoms with Gasteiger partial charge in [-0.3, -0.25) is 4.79 Å². The van der Waals surface area contributed by atoms with Crippen LogP contribution in [0.5, 0.6) is 0 Å². The molecule has 1 atom stereocenters. The first-order chi connectivity index (χ1) is 9.22. The van der Waals surface area contributed by atoms with Crippen LogP contribution in [-0.2, 0) is 11.2 Å². The zero-order valence-electron chi connectivity index (χ0n) is 10.6. The maximum Gasteiger partial charge on any atom is 0.226 e. The van der Waals surface area contributed by atoms with Crippen molar-refractivity contribution in [3.05, 3.63) is 27.9 Å². The van der Waals surface area contributed by atoms with Gasteiger partial charge in [-0.1, -0.05) is 6.92 Å². The van der Waals surface area contributed by atoms with Crippen LogP contribution in [-0.4, -0.2) is 28.6 Å². The number of thiazole rings is 1. The van der Waals surface area contributed by atoms with Crippen molar-refractivity contribution in [2.24, 2.45) is 0 Å². The number of amides is 1. The Hall–Kier alpha value is -1.24. The fourth-order valence-electron chi connectivity index (χ4n) is 1.63. The molecule has 2 heterocycles. The van der Waals surface area contributed by atoms with Crippen molar-refractivity contribution in [3.8, 4) is 10.6 Å². The van der Waals surface area contributed by atoms with E-state index in [1.807, 2.05) is 29.1 Å². The Kier molecular flexibility index (Phi) is 5.07. The normalized spacial score (nSPS) is 12.3. The molecule has 0 saturated carbocycles. The smallest absolute Gasteiger partial charge is 0.226 e. The molecule has 0 spiro atoms. The molecular weight excluding hydrogens is 280 g/mol. The van der Waals surface area contributed by atoms with E-state index in [0.29, 0.717) is 0 Å². The van der Waals surface area contributed by atoms with Gasteiger partial charge in [-0.2, -0.15) is 11.3 Å². The zero-order valence-corrected chi connectivity index (χ0v) is 12.3. The molecule has 2 rings (SSSR count). The van der Waals surface area contributed by atoms with Gasteiger partial charge in [0.15, 0.2) is 0 Å². The number of aromatic nitrogens is 1. The molecule has 4 nitrogen and oxygen atoms in total. The molecule has 2 aromatic rings. The fourth-order valence-corrected chi connectivity index (χ4v) is 3.16. The Morgan fingerprint density at radius 2 is 2.37 bits per heavy atom. The molecule has 0 aliphatic carbocycles. The molecular formula is C13H16N2O2S2. The van der Waals surface area contributed by atoms with E-state index >= 15 is 0 Å². The van der Waals surface area contributed by atoms with E-state index in [2.05, 4.69) is 10.3 Å². The molecule has 0 aliphatic rings. The van der Waals surface area contributed by atoms with Crippen molar-refractivity contribution >= 4 is 28.6 Å². The Morgan fingerprint density at radius 1 is 1.53 bits per heavy atom. The highest BCUT2D eigenvalue weighted by atomic mass is 32.1. The predicted molar refractivity (Wildman–Crippen MR) is 78.4 cm³/mol. The third-order valence-corrected chi connectivity index (χ3v) is 4.36. The number of carbonyl (C=O) groups is 1. The SMILES string of the molecule is CCC(CO)NC(=O)Cc1csc(-c2ccsc2)n1. The monoisotopic (exact) mass is 296 g/mol. The van der Waals surface area contributed by atoms with Crippen LogP contribution in [0, 0.1) is 0 Å². The van der Waals surface area contributed by atoms with Crippen LogP contribution in [0.3, 0.4) is 0 Å². The molecule has 1 unspecified atom stereocenters. The Morgan fingerprint density at radius 3 is 3.00 bits per heavy atom. The van der Waals surface area contributed by atoms with Gasteiger partial charge in [0.05, 0.1) is 24.8 Å². The van der Waals surface area contributed by atoms with E-state index in [9.17, 15) is 4.79 Å². The Balaban J connectivity index is 1.95. The Labute approximate surface area is 120 Å². The van der Waals surface area contributed by atoms with Gasteiger partial charge in [-0.25, -0.2) is 4.98 Å². The minimum atomic E-state index is -0.164. The largest absolute Gasteiger partial charge is 0.394 e. The van der Waals surface area contributed by atoms with Crippen LogP contribution < -0.4 is 5.32 Å². The lowest BCUT2D eigenvalue weighted by Gasteiger charge is -2.13. The van der Waals surface area contributed by atoms with Crippen molar-refractivity contribution in [3.63, 3.8) is 0 Å². The van der Waals surface area contributed by atoms with Crippen LogP contribution in [0.15, 0.2) is 22.2 Å². The lowest BCUT2D eigenvalue weighted by Crippen LogP contribution is -2.37. The summed E-state index contributed by atoms with van der Waals surface area (Å²) in [4.78, 5) is 16.2. The van der Waals surface area contributed by atoms with Crippen molar-refractivity contribution in [1.82, 2.24) is 10.3 Å². The number of aliphatic hydroxyl groups is 1.